The molecule has 0 heterocycles. The highest BCUT2D eigenvalue weighted by atomic mass is 28.4. The molecule has 1 N–H and O–H groups in total. The number of hydrogen-bond donors (Lipinski definition) is 1. The smallest absolute Gasteiger partial charge is 0.397 e. The van der Waals surface area contributed by atoms with Gasteiger partial charge >= 0.3 is 14.9 Å². The lowest BCUT2D eigenvalue weighted by Crippen LogP contribution is -2.64. The Kier molecular flexibility index (Phi) is 20.0. The first-order chi connectivity index (χ1) is 16.8. The van der Waals surface area contributed by atoms with E-state index in [2.05, 4.69) is 53.8 Å². The summed E-state index contributed by atoms with van der Waals surface area (Å²) in [5.74, 6) is 0. The number of rotatable bonds is 23. The lowest BCUT2D eigenvalue weighted by atomic mass is 10.1. The highest BCUT2D eigenvalue weighted by molar-refractivity contribution is 6.62. The van der Waals surface area contributed by atoms with E-state index >= 15 is 0 Å². The van der Waals surface area contributed by atoms with Gasteiger partial charge in [-0.2, -0.15) is 0 Å². The largest absolute Gasteiger partial charge is 0.524 e. The van der Waals surface area contributed by atoms with Crippen molar-refractivity contribution in [1.29, 1.82) is 0 Å². The molecule has 0 saturated carbocycles. The van der Waals surface area contributed by atoms with Gasteiger partial charge in [0.25, 0.3) is 0 Å². The monoisotopic (exact) mass is 519 g/mol. The number of hydrogen-bond acceptors (Lipinski definition) is 5. The van der Waals surface area contributed by atoms with Crippen molar-refractivity contribution >= 4 is 14.9 Å². The molecule has 7 nitrogen and oxygen atoms in total. The third-order valence-corrected chi connectivity index (χ3v) is 9.79. The third-order valence-electron chi connectivity index (χ3n) is 6.57. The summed E-state index contributed by atoms with van der Waals surface area (Å²) < 4.78 is 25.8. The highest BCUT2D eigenvalue weighted by Crippen LogP contribution is 2.23. The molecule has 2 unspecified atom stereocenters. The van der Waals surface area contributed by atoms with Gasteiger partial charge in [-0.25, -0.2) is 4.79 Å². The molecule has 35 heavy (non-hydrogen) atoms. The highest BCUT2D eigenvalue weighted by Gasteiger charge is 2.50. The maximum Gasteiger partial charge on any atom is 0.524 e. The van der Waals surface area contributed by atoms with E-state index in [9.17, 15) is 4.79 Å². The summed E-state index contributed by atoms with van der Waals surface area (Å²) >= 11 is 0. The molecule has 1 amide bonds. The molecule has 8 heteroatoms. The van der Waals surface area contributed by atoms with E-state index in [1.54, 1.807) is 0 Å². The minimum Gasteiger partial charge on any atom is -0.397 e. The number of nitrogens with zero attached hydrogens (tertiary/aromatic N) is 1. The summed E-state index contributed by atoms with van der Waals surface area (Å²) in [7, 11) is -3.13. The lowest BCUT2D eigenvalue weighted by molar-refractivity contribution is -0.968. The van der Waals surface area contributed by atoms with Crippen molar-refractivity contribution in [2.75, 3.05) is 39.5 Å². The van der Waals surface area contributed by atoms with Crippen LogP contribution in [0.15, 0.2) is 0 Å². The van der Waals surface area contributed by atoms with Crippen molar-refractivity contribution in [2.24, 2.45) is 0 Å². The molecule has 0 rings (SSSR count). The average Bonchev–Trinajstić information content (AvgIpc) is 2.86. The standard InChI is InChI=1S/C27H58N2O5Si/c1-9-16-19-29(20-17-10-2,21-18-11-3)25(8)34-27(30)28-26(15-7)35(31-22-12-4,32-23-13-5)33-24-14-6/h25-26H,9-24H2,1-8H3/p+1. The fourth-order valence-electron chi connectivity index (χ4n) is 4.34. The van der Waals surface area contributed by atoms with Crippen molar-refractivity contribution in [1.82, 2.24) is 5.32 Å². The summed E-state index contributed by atoms with van der Waals surface area (Å²) in [6, 6.07) is 0. The van der Waals surface area contributed by atoms with Crippen molar-refractivity contribution in [2.45, 2.75) is 131 Å². The van der Waals surface area contributed by atoms with Crippen LogP contribution in [0.5, 0.6) is 0 Å². The first-order valence-corrected chi connectivity index (χ1v) is 16.4. The second-order valence-corrected chi connectivity index (χ2v) is 12.5. The van der Waals surface area contributed by atoms with Gasteiger partial charge in [0.1, 0.15) is 5.67 Å². The van der Waals surface area contributed by atoms with Crippen molar-refractivity contribution in [3.8, 4) is 0 Å². The lowest BCUT2D eigenvalue weighted by Gasteiger charge is -2.43. The Hall–Kier alpha value is -0.673. The Balaban J connectivity index is 5.72. The first kappa shape index (κ1) is 34.3. The average molecular weight is 520 g/mol. The van der Waals surface area contributed by atoms with E-state index < -0.39 is 14.9 Å². The molecule has 0 spiro atoms. The number of quaternary nitrogens is 1. The van der Waals surface area contributed by atoms with Crippen LogP contribution in [-0.2, 0) is 18.0 Å². The summed E-state index contributed by atoms with van der Waals surface area (Å²) in [6.45, 7) is 21.8. The second-order valence-electron chi connectivity index (χ2n) is 9.71. The van der Waals surface area contributed by atoms with E-state index in [-0.39, 0.29) is 11.9 Å². The minimum atomic E-state index is -3.13. The Morgan fingerprint density at radius 1 is 0.714 bits per heavy atom. The number of ether oxygens (including phenoxy) is 1. The number of nitrogens with one attached hydrogen (secondary N) is 1. The Morgan fingerprint density at radius 3 is 1.43 bits per heavy atom. The predicted octanol–water partition coefficient (Wildman–Crippen LogP) is 6.81. The van der Waals surface area contributed by atoms with Gasteiger partial charge in [0.15, 0.2) is 0 Å². The molecular weight excluding hydrogens is 460 g/mol. The van der Waals surface area contributed by atoms with E-state index in [1.165, 1.54) is 0 Å². The van der Waals surface area contributed by atoms with Crippen LogP contribution in [0.2, 0.25) is 0 Å². The molecule has 0 bridgehead atoms. The molecule has 2 atom stereocenters. The molecule has 0 aliphatic heterocycles. The zero-order valence-corrected chi connectivity index (χ0v) is 25.5. The Labute approximate surface area is 218 Å². The molecule has 0 aromatic rings. The van der Waals surface area contributed by atoms with E-state index in [0.717, 1.165) is 81.9 Å². The SMILES string of the molecule is CCCC[N+](CCCC)(CCCC)C(C)OC(=O)NC(CC)[Si](OCCC)(OCCC)OCCC. The maximum atomic E-state index is 13.3. The number of alkyl carbamates (subject to hydrolysis) is 1. The van der Waals surface area contributed by atoms with Gasteiger partial charge in [-0.1, -0.05) is 67.7 Å². The molecule has 210 valence electrons. The van der Waals surface area contributed by atoms with Crippen molar-refractivity contribution in [3.05, 3.63) is 0 Å². The molecule has 0 aliphatic rings. The van der Waals surface area contributed by atoms with Crippen LogP contribution in [-0.4, -0.2) is 70.7 Å². The van der Waals surface area contributed by atoms with E-state index in [0.29, 0.717) is 26.2 Å². The number of carbonyl (C=O) groups is 1. The molecular formula is C27H59N2O5Si+. The van der Waals surface area contributed by atoms with Crippen LogP contribution in [0.25, 0.3) is 0 Å². The molecule has 0 radical (unpaired) electrons. The summed E-state index contributed by atoms with van der Waals surface area (Å²) in [4.78, 5) is 13.3. The van der Waals surface area contributed by atoms with E-state index in [4.69, 9.17) is 18.0 Å². The van der Waals surface area contributed by atoms with Crippen LogP contribution in [0, 0.1) is 0 Å². The molecule has 0 aliphatic carbocycles. The van der Waals surface area contributed by atoms with Crippen molar-refractivity contribution in [3.63, 3.8) is 0 Å². The predicted molar refractivity (Wildman–Crippen MR) is 147 cm³/mol. The third kappa shape index (κ3) is 12.4. The fraction of sp³-hybridized carbons (Fsp3) is 0.963. The quantitative estimate of drug-likeness (QED) is 0.0912. The number of unbranched alkanes of at least 4 members (excludes halogenated alkanes) is 3. The normalized spacial score (nSPS) is 14.1. The topological polar surface area (TPSA) is 66.0 Å². The summed E-state index contributed by atoms with van der Waals surface area (Å²) in [5.41, 5.74) is -0.337. The van der Waals surface area contributed by atoms with Crippen LogP contribution in [0.1, 0.15) is 120 Å². The van der Waals surface area contributed by atoms with Crippen LogP contribution in [0.4, 0.5) is 4.79 Å². The van der Waals surface area contributed by atoms with Crippen LogP contribution >= 0.6 is 0 Å². The van der Waals surface area contributed by atoms with Crippen LogP contribution in [0.3, 0.4) is 0 Å². The van der Waals surface area contributed by atoms with Crippen molar-refractivity contribution < 1.29 is 27.3 Å². The maximum absolute atomic E-state index is 13.3. The fourth-order valence-corrected chi connectivity index (χ4v) is 7.46. The van der Waals surface area contributed by atoms with Gasteiger partial charge in [-0.05, 0) is 44.9 Å². The van der Waals surface area contributed by atoms with Gasteiger partial charge in [0, 0.05) is 26.7 Å². The first-order valence-electron chi connectivity index (χ1n) is 14.6. The number of carbonyl (C=O) groups excluding carboxylic acids is 1. The van der Waals surface area contributed by atoms with Gasteiger partial charge in [0.2, 0.25) is 6.23 Å². The summed E-state index contributed by atoms with van der Waals surface area (Å²) in [6.07, 6.45) is 9.48. The van der Waals surface area contributed by atoms with E-state index in [1.807, 2.05) is 6.92 Å². The summed E-state index contributed by atoms with van der Waals surface area (Å²) in [5, 5.41) is 3.12. The minimum absolute atomic E-state index is 0.210. The van der Waals surface area contributed by atoms with Crippen LogP contribution < -0.4 is 5.32 Å². The Morgan fingerprint density at radius 2 is 1.11 bits per heavy atom. The zero-order chi connectivity index (χ0) is 26.6. The Bertz CT molecular complexity index is 480. The van der Waals surface area contributed by atoms with Gasteiger partial charge < -0.3 is 23.3 Å². The number of amides is 1. The zero-order valence-electron chi connectivity index (χ0n) is 24.5. The molecule has 0 aromatic heterocycles. The van der Waals surface area contributed by atoms with Gasteiger partial charge in [-0.3, -0.25) is 4.48 Å². The van der Waals surface area contributed by atoms with Gasteiger partial charge in [-0.15, -0.1) is 0 Å². The van der Waals surface area contributed by atoms with Gasteiger partial charge in [0.05, 0.1) is 19.6 Å². The molecule has 0 fully saturated rings. The second kappa shape index (κ2) is 20.4. The molecule has 0 aromatic carbocycles. The molecule has 0 saturated heterocycles.